The second-order valence-electron chi connectivity index (χ2n) is 7.56. The third-order valence-electron chi connectivity index (χ3n) is 5.12. The van der Waals surface area contributed by atoms with Crippen molar-refractivity contribution in [1.82, 2.24) is 16.0 Å². The molecule has 4 N–H and O–H groups in total. The molecule has 174 valence electrons. The number of benzene rings is 1. The fraction of sp³-hybridized carbons (Fsp3) is 0.364. The molecule has 2 aromatic rings. The van der Waals surface area contributed by atoms with E-state index in [1.54, 1.807) is 30.3 Å². The van der Waals surface area contributed by atoms with E-state index in [2.05, 4.69) is 20.9 Å². The number of ether oxygens (including phenoxy) is 2. The summed E-state index contributed by atoms with van der Waals surface area (Å²) < 4.78 is 10.6. The van der Waals surface area contributed by atoms with Gasteiger partial charge in [0.15, 0.2) is 17.5 Å². The van der Waals surface area contributed by atoms with E-state index in [-0.39, 0.29) is 31.4 Å². The number of amides is 2. The highest BCUT2D eigenvalue weighted by Crippen LogP contribution is 2.35. The number of aryl methyl sites for hydroxylation is 1. The molecule has 0 unspecified atom stereocenters. The second-order valence-corrected chi connectivity index (χ2v) is 8.73. The van der Waals surface area contributed by atoms with Gasteiger partial charge in [0.2, 0.25) is 12.7 Å². The molecule has 0 saturated carbocycles. The van der Waals surface area contributed by atoms with Gasteiger partial charge in [-0.15, -0.1) is 11.3 Å². The number of rotatable bonds is 8. The summed E-state index contributed by atoms with van der Waals surface area (Å²) in [6, 6.07) is 7.84. The zero-order valence-corrected chi connectivity index (χ0v) is 18.6. The predicted octanol–water partition coefficient (Wildman–Crippen LogP) is 1.82. The number of hydrogen-bond donors (Lipinski definition) is 4. The van der Waals surface area contributed by atoms with E-state index in [0.717, 1.165) is 17.8 Å². The van der Waals surface area contributed by atoms with Crippen LogP contribution in [0, 0.1) is 0 Å². The summed E-state index contributed by atoms with van der Waals surface area (Å²) in [4.78, 5) is 41.8. The maximum Gasteiger partial charge on any atom is 0.305 e. The number of carbonyl (C=O) groups is 3. The van der Waals surface area contributed by atoms with Gasteiger partial charge in [-0.25, -0.2) is 0 Å². The van der Waals surface area contributed by atoms with Crippen molar-refractivity contribution in [3.63, 3.8) is 0 Å². The molecule has 2 aliphatic rings. The Hall–Kier alpha value is -3.60. The molecular formula is C22H24N4O6S. The van der Waals surface area contributed by atoms with Crippen molar-refractivity contribution in [3.05, 3.63) is 45.6 Å². The number of guanidine groups is 1. The quantitative estimate of drug-likeness (QED) is 0.460. The molecule has 0 fully saturated rings. The molecule has 1 aromatic heterocycles. The van der Waals surface area contributed by atoms with Crippen molar-refractivity contribution in [1.29, 1.82) is 0 Å². The van der Waals surface area contributed by atoms with E-state index in [1.807, 2.05) is 0 Å². The van der Waals surface area contributed by atoms with Crippen molar-refractivity contribution in [3.8, 4) is 11.5 Å². The van der Waals surface area contributed by atoms with Crippen LogP contribution in [0.25, 0.3) is 0 Å². The van der Waals surface area contributed by atoms with Gasteiger partial charge >= 0.3 is 5.97 Å². The average Bonchev–Trinajstić information content (AvgIpc) is 3.46. The van der Waals surface area contributed by atoms with Crippen LogP contribution in [0.15, 0.2) is 35.3 Å². The lowest BCUT2D eigenvalue weighted by Crippen LogP contribution is -2.43. The average molecular weight is 473 g/mol. The first kappa shape index (κ1) is 22.6. The molecular weight excluding hydrogens is 448 g/mol. The van der Waals surface area contributed by atoms with Gasteiger partial charge in [-0.2, -0.15) is 0 Å². The van der Waals surface area contributed by atoms with E-state index in [0.29, 0.717) is 40.9 Å². The Bertz CT molecular complexity index is 1080. The monoisotopic (exact) mass is 472 g/mol. The van der Waals surface area contributed by atoms with Crippen LogP contribution in [0.5, 0.6) is 11.5 Å². The van der Waals surface area contributed by atoms with Gasteiger partial charge in [0.25, 0.3) is 5.91 Å². The lowest BCUT2D eigenvalue weighted by Gasteiger charge is -2.17. The molecule has 33 heavy (non-hydrogen) atoms. The Labute approximate surface area is 194 Å². The SMILES string of the molecule is O=C(O)C[C@@H](NC(=O)c1ccc(CCC(=O)NC2=NCCCN2)s1)c1ccc2c(c1)OCO2. The smallest absolute Gasteiger partial charge is 0.305 e. The number of carbonyl (C=O) groups excluding carboxylic acids is 2. The summed E-state index contributed by atoms with van der Waals surface area (Å²) in [6.45, 7) is 1.59. The first-order valence-electron chi connectivity index (χ1n) is 10.6. The Morgan fingerprint density at radius 3 is 2.82 bits per heavy atom. The predicted molar refractivity (Wildman–Crippen MR) is 121 cm³/mol. The van der Waals surface area contributed by atoms with Crippen LogP contribution in [0.4, 0.5) is 0 Å². The van der Waals surface area contributed by atoms with Crippen LogP contribution >= 0.6 is 11.3 Å². The highest BCUT2D eigenvalue weighted by molar-refractivity contribution is 7.14. The topological polar surface area (TPSA) is 138 Å². The van der Waals surface area contributed by atoms with Gasteiger partial charge in [-0.3, -0.25) is 24.7 Å². The summed E-state index contributed by atoms with van der Waals surface area (Å²) in [6.07, 6.45) is 1.42. The van der Waals surface area contributed by atoms with Crippen LogP contribution in [-0.4, -0.2) is 48.7 Å². The van der Waals surface area contributed by atoms with Crippen molar-refractivity contribution in [2.75, 3.05) is 19.9 Å². The van der Waals surface area contributed by atoms with Gasteiger partial charge in [0.1, 0.15) is 0 Å². The summed E-state index contributed by atoms with van der Waals surface area (Å²) in [7, 11) is 0. The number of nitrogens with one attached hydrogen (secondary N) is 3. The maximum absolute atomic E-state index is 12.8. The second kappa shape index (κ2) is 10.3. The number of aliphatic carboxylic acids is 1. The largest absolute Gasteiger partial charge is 0.481 e. The summed E-state index contributed by atoms with van der Waals surface area (Å²) >= 11 is 1.28. The first-order chi connectivity index (χ1) is 16.0. The van der Waals surface area contributed by atoms with Crippen molar-refractivity contribution in [2.45, 2.75) is 31.7 Å². The number of carboxylic acid groups (broad SMARTS) is 1. The fourth-order valence-electron chi connectivity index (χ4n) is 3.47. The normalized spacial score (nSPS) is 15.2. The molecule has 4 rings (SSSR count). The third-order valence-corrected chi connectivity index (χ3v) is 6.27. The standard InChI is InChI=1S/C22H24N4O6S/c27-19(26-22-23-8-1-9-24-22)7-4-14-3-6-18(33-14)21(30)25-15(11-20(28)29)13-2-5-16-17(10-13)32-12-31-16/h2-3,5-6,10,15H,1,4,7-9,11-12H2,(H,25,30)(H,28,29)(H2,23,24,26,27)/t15-/m1/s1. The summed E-state index contributed by atoms with van der Waals surface area (Å²) in [5, 5.41) is 17.9. The van der Waals surface area contributed by atoms with E-state index in [1.165, 1.54) is 11.3 Å². The Kier molecular flexibility index (Phi) is 7.08. The minimum absolute atomic E-state index is 0.107. The molecule has 0 aliphatic carbocycles. The van der Waals surface area contributed by atoms with Crippen LogP contribution in [0.2, 0.25) is 0 Å². The Balaban J connectivity index is 1.35. The molecule has 3 heterocycles. The lowest BCUT2D eigenvalue weighted by atomic mass is 10.0. The number of hydrogen-bond acceptors (Lipinski definition) is 8. The van der Waals surface area contributed by atoms with Crippen molar-refractivity contribution in [2.24, 2.45) is 4.99 Å². The Morgan fingerprint density at radius 2 is 2.03 bits per heavy atom. The minimum Gasteiger partial charge on any atom is -0.481 e. The number of nitrogens with zero attached hydrogens (tertiary/aromatic N) is 1. The molecule has 0 saturated heterocycles. The van der Waals surface area contributed by atoms with Crippen LogP contribution in [0.3, 0.4) is 0 Å². The maximum atomic E-state index is 12.8. The highest BCUT2D eigenvalue weighted by atomic mass is 32.1. The molecule has 0 radical (unpaired) electrons. The van der Waals surface area contributed by atoms with E-state index < -0.39 is 12.0 Å². The molecule has 1 atom stereocenters. The van der Waals surface area contributed by atoms with Gasteiger partial charge in [0, 0.05) is 24.4 Å². The first-order valence-corrected chi connectivity index (χ1v) is 11.4. The molecule has 11 heteroatoms. The van der Waals surface area contributed by atoms with E-state index in [9.17, 15) is 19.5 Å². The number of thiophene rings is 1. The van der Waals surface area contributed by atoms with Crippen LogP contribution < -0.4 is 25.4 Å². The van der Waals surface area contributed by atoms with Crippen LogP contribution in [0.1, 0.15) is 45.4 Å². The van der Waals surface area contributed by atoms with Gasteiger partial charge < -0.3 is 25.2 Å². The number of carboxylic acids is 1. The molecule has 2 amide bonds. The van der Waals surface area contributed by atoms with Crippen molar-refractivity contribution < 1.29 is 29.0 Å². The van der Waals surface area contributed by atoms with Crippen LogP contribution in [-0.2, 0) is 16.0 Å². The van der Waals surface area contributed by atoms with Gasteiger partial charge in [-0.05, 0) is 42.7 Å². The highest BCUT2D eigenvalue weighted by Gasteiger charge is 2.23. The molecule has 10 nitrogen and oxygen atoms in total. The molecule has 1 aromatic carbocycles. The lowest BCUT2D eigenvalue weighted by molar-refractivity contribution is -0.137. The third kappa shape index (κ3) is 6.01. The molecule has 0 bridgehead atoms. The Morgan fingerprint density at radius 1 is 1.18 bits per heavy atom. The van der Waals surface area contributed by atoms with Gasteiger partial charge in [0.05, 0.1) is 17.3 Å². The zero-order chi connectivity index (χ0) is 23.2. The number of aliphatic imine (C=N–C) groups is 1. The van der Waals surface area contributed by atoms with E-state index in [4.69, 9.17) is 9.47 Å². The van der Waals surface area contributed by atoms with Gasteiger partial charge in [-0.1, -0.05) is 6.07 Å². The molecule has 0 spiro atoms. The minimum atomic E-state index is -1.03. The number of fused-ring (bicyclic) bond motifs is 1. The molecule has 2 aliphatic heterocycles. The summed E-state index contributed by atoms with van der Waals surface area (Å²) in [5.74, 6) is 0.0475. The van der Waals surface area contributed by atoms with E-state index >= 15 is 0 Å². The van der Waals surface area contributed by atoms with Crippen molar-refractivity contribution >= 4 is 35.1 Å². The summed E-state index contributed by atoms with van der Waals surface area (Å²) in [5.41, 5.74) is 0.614. The fourth-order valence-corrected chi connectivity index (χ4v) is 4.38. The zero-order valence-electron chi connectivity index (χ0n) is 17.8.